The van der Waals surface area contributed by atoms with Crippen molar-refractivity contribution in [1.82, 2.24) is 24.9 Å². The largest absolute Gasteiger partial charge is 0.497 e. The average molecular weight is 476 g/mol. The predicted octanol–water partition coefficient (Wildman–Crippen LogP) is 4.95. The molecule has 34 heavy (non-hydrogen) atoms. The molecular weight excluding hydrogens is 454 g/mol. The van der Waals surface area contributed by atoms with Gasteiger partial charge in [0, 0.05) is 6.07 Å². The topological polar surface area (TPSA) is 101 Å². The summed E-state index contributed by atoms with van der Waals surface area (Å²) in [6.07, 6.45) is 1.62. The maximum absolute atomic E-state index is 5.57. The number of hydrogen-bond acceptors (Lipinski definition) is 9. The van der Waals surface area contributed by atoms with E-state index < -0.39 is 0 Å². The minimum atomic E-state index is 0.427. The molecule has 0 atom stereocenters. The zero-order valence-electron chi connectivity index (χ0n) is 18.5. The Morgan fingerprint density at radius 2 is 1.85 bits per heavy atom. The van der Waals surface area contributed by atoms with Gasteiger partial charge in [-0.05, 0) is 29.8 Å². The van der Waals surface area contributed by atoms with Gasteiger partial charge in [0.25, 0.3) is 0 Å². The highest BCUT2D eigenvalue weighted by Crippen LogP contribution is 2.32. The third kappa shape index (κ3) is 4.53. The van der Waals surface area contributed by atoms with Crippen LogP contribution >= 0.6 is 11.8 Å². The molecule has 0 N–H and O–H groups in total. The van der Waals surface area contributed by atoms with Crippen molar-refractivity contribution in [3.05, 3.63) is 78.4 Å². The second-order valence-corrected chi connectivity index (χ2v) is 8.16. The summed E-state index contributed by atoms with van der Waals surface area (Å²) in [5.74, 6) is 3.93. The van der Waals surface area contributed by atoms with Gasteiger partial charge in [0.2, 0.25) is 17.5 Å². The van der Waals surface area contributed by atoms with E-state index in [9.17, 15) is 0 Å². The number of hydrogen-bond donors (Lipinski definition) is 0. The molecule has 0 aliphatic heterocycles. The molecule has 0 fully saturated rings. The van der Waals surface area contributed by atoms with E-state index in [1.54, 1.807) is 26.5 Å². The van der Waals surface area contributed by atoms with Crippen LogP contribution in [0.2, 0.25) is 0 Å². The second kappa shape index (κ2) is 9.84. The Bertz CT molecular complexity index is 1370. The standard InChI is InChI=1S/C24H21N5O4S/c1-30-17-10-11-18(20(13-17)31-2)22-25-21(33-28-22)15-34-24-27-26-23(19-9-6-12-32-19)29(24)14-16-7-4-3-5-8-16/h3-13H,14-15H2,1-2H3. The van der Waals surface area contributed by atoms with Gasteiger partial charge in [0.05, 0.1) is 38.3 Å². The van der Waals surface area contributed by atoms with E-state index >= 15 is 0 Å². The fourth-order valence-electron chi connectivity index (χ4n) is 3.42. The number of aromatic nitrogens is 5. The fraction of sp³-hybridized carbons (Fsp3) is 0.167. The molecule has 3 aromatic heterocycles. The van der Waals surface area contributed by atoms with E-state index in [0.29, 0.717) is 47.1 Å². The number of methoxy groups -OCH3 is 2. The molecule has 5 rings (SSSR count). The lowest BCUT2D eigenvalue weighted by molar-refractivity contribution is 0.388. The summed E-state index contributed by atoms with van der Waals surface area (Å²) >= 11 is 1.46. The highest BCUT2D eigenvalue weighted by atomic mass is 32.2. The van der Waals surface area contributed by atoms with Crippen molar-refractivity contribution in [2.75, 3.05) is 14.2 Å². The number of benzene rings is 2. The number of rotatable bonds is 9. The van der Waals surface area contributed by atoms with Crippen LogP contribution in [0.25, 0.3) is 23.0 Å². The van der Waals surface area contributed by atoms with Crippen molar-refractivity contribution in [1.29, 1.82) is 0 Å². The molecule has 0 radical (unpaired) electrons. The zero-order valence-corrected chi connectivity index (χ0v) is 19.4. The van der Waals surface area contributed by atoms with Gasteiger partial charge < -0.3 is 18.4 Å². The SMILES string of the molecule is COc1ccc(-c2noc(CSc3nnc(-c4ccco4)n3Cc3ccccc3)n2)c(OC)c1. The quantitative estimate of drug-likeness (QED) is 0.274. The molecule has 172 valence electrons. The number of ether oxygens (including phenoxy) is 2. The zero-order chi connectivity index (χ0) is 23.3. The Labute approximate surface area is 199 Å². The molecule has 0 spiro atoms. The van der Waals surface area contributed by atoms with Crippen LogP contribution in [0, 0.1) is 0 Å². The van der Waals surface area contributed by atoms with Crippen LogP contribution < -0.4 is 9.47 Å². The molecule has 0 saturated carbocycles. The van der Waals surface area contributed by atoms with Crippen molar-refractivity contribution in [2.45, 2.75) is 17.5 Å². The van der Waals surface area contributed by atoms with Gasteiger partial charge in [-0.3, -0.25) is 4.57 Å². The van der Waals surface area contributed by atoms with Crippen LogP contribution in [-0.4, -0.2) is 39.1 Å². The molecule has 0 bridgehead atoms. The van der Waals surface area contributed by atoms with Gasteiger partial charge in [0.1, 0.15) is 11.5 Å². The van der Waals surface area contributed by atoms with Crippen molar-refractivity contribution in [2.24, 2.45) is 0 Å². The van der Waals surface area contributed by atoms with E-state index in [1.165, 1.54) is 11.8 Å². The summed E-state index contributed by atoms with van der Waals surface area (Å²) in [4.78, 5) is 4.53. The summed E-state index contributed by atoms with van der Waals surface area (Å²) in [5, 5.41) is 13.6. The molecule has 10 heteroatoms. The first-order chi connectivity index (χ1) is 16.7. The van der Waals surface area contributed by atoms with E-state index in [2.05, 4.69) is 32.5 Å². The Morgan fingerprint density at radius 3 is 2.62 bits per heavy atom. The van der Waals surface area contributed by atoms with E-state index in [0.717, 1.165) is 16.3 Å². The van der Waals surface area contributed by atoms with Gasteiger partial charge >= 0.3 is 0 Å². The minimum absolute atomic E-state index is 0.427. The number of thioether (sulfide) groups is 1. The van der Waals surface area contributed by atoms with Crippen molar-refractivity contribution < 1.29 is 18.4 Å². The second-order valence-electron chi connectivity index (χ2n) is 7.22. The summed E-state index contributed by atoms with van der Waals surface area (Å²) in [6.45, 7) is 0.602. The molecule has 2 aromatic carbocycles. The maximum atomic E-state index is 5.57. The van der Waals surface area contributed by atoms with Crippen LogP contribution in [-0.2, 0) is 12.3 Å². The summed E-state index contributed by atoms with van der Waals surface area (Å²) < 4.78 is 23.8. The van der Waals surface area contributed by atoms with Crippen LogP contribution in [0.1, 0.15) is 11.5 Å². The van der Waals surface area contributed by atoms with Crippen LogP contribution in [0.3, 0.4) is 0 Å². The predicted molar refractivity (Wildman–Crippen MR) is 126 cm³/mol. The van der Waals surface area contributed by atoms with E-state index in [-0.39, 0.29) is 0 Å². The normalized spacial score (nSPS) is 11.0. The molecule has 0 unspecified atom stereocenters. The monoisotopic (exact) mass is 475 g/mol. The first kappa shape index (κ1) is 21.8. The molecule has 0 aliphatic rings. The first-order valence-corrected chi connectivity index (χ1v) is 11.4. The fourth-order valence-corrected chi connectivity index (χ4v) is 4.20. The van der Waals surface area contributed by atoms with Crippen molar-refractivity contribution in [3.8, 4) is 34.5 Å². The van der Waals surface area contributed by atoms with Crippen LogP contribution in [0.15, 0.2) is 81.0 Å². The Kier molecular flexibility index (Phi) is 6.30. The van der Waals surface area contributed by atoms with Gasteiger partial charge in [0.15, 0.2) is 10.9 Å². The average Bonchev–Trinajstić information content (AvgIpc) is 3.64. The Hall–Kier alpha value is -4.05. The maximum Gasteiger partial charge on any atom is 0.237 e. The Morgan fingerprint density at radius 1 is 0.971 bits per heavy atom. The van der Waals surface area contributed by atoms with E-state index in [1.807, 2.05) is 47.0 Å². The van der Waals surface area contributed by atoms with E-state index in [4.69, 9.17) is 18.4 Å². The highest BCUT2D eigenvalue weighted by molar-refractivity contribution is 7.98. The minimum Gasteiger partial charge on any atom is -0.497 e. The summed E-state index contributed by atoms with van der Waals surface area (Å²) in [5.41, 5.74) is 1.85. The lowest BCUT2D eigenvalue weighted by Gasteiger charge is -2.08. The van der Waals surface area contributed by atoms with Gasteiger partial charge in [-0.15, -0.1) is 10.2 Å². The third-order valence-electron chi connectivity index (χ3n) is 5.08. The van der Waals surface area contributed by atoms with Crippen LogP contribution in [0.5, 0.6) is 11.5 Å². The van der Waals surface area contributed by atoms with Crippen molar-refractivity contribution >= 4 is 11.8 Å². The first-order valence-electron chi connectivity index (χ1n) is 10.4. The molecule has 0 saturated heterocycles. The molecule has 3 heterocycles. The summed E-state index contributed by atoms with van der Waals surface area (Å²) in [7, 11) is 3.19. The molecule has 9 nitrogen and oxygen atoms in total. The Balaban J connectivity index is 1.37. The van der Waals surface area contributed by atoms with Crippen LogP contribution in [0.4, 0.5) is 0 Å². The lowest BCUT2D eigenvalue weighted by Crippen LogP contribution is -2.04. The summed E-state index contributed by atoms with van der Waals surface area (Å²) in [6, 6.07) is 19.3. The molecular formula is C24H21N5O4S. The van der Waals surface area contributed by atoms with Gasteiger partial charge in [-0.1, -0.05) is 47.3 Å². The number of furan rings is 1. The highest BCUT2D eigenvalue weighted by Gasteiger charge is 2.19. The third-order valence-corrected chi connectivity index (χ3v) is 6.04. The smallest absolute Gasteiger partial charge is 0.237 e. The number of nitrogens with zero attached hydrogens (tertiary/aromatic N) is 5. The molecule has 5 aromatic rings. The lowest BCUT2D eigenvalue weighted by atomic mass is 10.2. The van der Waals surface area contributed by atoms with Crippen molar-refractivity contribution in [3.63, 3.8) is 0 Å². The molecule has 0 aliphatic carbocycles. The molecule has 0 amide bonds. The van der Waals surface area contributed by atoms with Gasteiger partial charge in [-0.2, -0.15) is 4.98 Å². The van der Waals surface area contributed by atoms with Gasteiger partial charge in [-0.25, -0.2) is 0 Å².